The van der Waals surface area contributed by atoms with Gasteiger partial charge in [0.15, 0.2) is 5.96 Å². The van der Waals surface area contributed by atoms with Gasteiger partial charge < -0.3 is 15.3 Å². The van der Waals surface area contributed by atoms with E-state index in [4.69, 9.17) is 0 Å². The first kappa shape index (κ1) is 20.7. The van der Waals surface area contributed by atoms with Crippen LogP contribution < -0.4 is 5.32 Å². The third-order valence-electron chi connectivity index (χ3n) is 4.58. The Morgan fingerprint density at radius 2 is 2.08 bits per heavy atom. The summed E-state index contributed by atoms with van der Waals surface area (Å²) in [6, 6.07) is 10.1. The molecule has 2 N–H and O–H groups in total. The van der Waals surface area contributed by atoms with Crippen LogP contribution in [0.4, 0.5) is 0 Å². The van der Waals surface area contributed by atoms with Crippen molar-refractivity contribution in [3.63, 3.8) is 0 Å². The van der Waals surface area contributed by atoms with Gasteiger partial charge in [0.05, 0.1) is 24.0 Å². The fraction of sp³-hybridized carbons (Fsp3) is 0.474. The number of hydrogen-bond acceptors (Lipinski definition) is 3. The molecule has 1 fully saturated rings. The molecule has 6 nitrogen and oxygen atoms in total. The number of nitrogens with one attached hydrogen (secondary N) is 1. The molecule has 0 radical (unpaired) electrons. The van der Waals surface area contributed by atoms with Gasteiger partial charge in [-0.05, 0) is 38.3 Å². The minimum Gasteiger partial charge on any atom is -0.388 e. The number of aliphatic hydroxyl groups is 1. The first-order valence-corrected chi connectivity index (χ1v) is 8.90. The van der Waals surface area contributed by atoms with Crippen LogP contribution >= 0.6 is 24.0 Å². The molecule has 0 amide bonds. The van der Waals surface area contributed by atoms with Gasteiger partial charge in [-0.15, -0.1) is 24.0 Å². The Bertz CT molecular complexity index is 712. The molecule has 0 spiro atoms. The molecule has 1 saturated carbocycles. The Labute approximate surface area is 172 Å². The molecule has 1 aliphatic carbocycles. The lowest BCUT2D eigenvalue weighted by molar-refractivity contribution is -0.0237. The Kier molecular flexibility index (Phi) is 7.45. The molecule has 0 bridgehead atoms. The van der Waals surface area contributed by atoms with Gasteiger partial charge in [0.2, 0.25) is 0 Å². The van der Waals surface area contributed by atoms with Crippen LogP contribution in [0.3, 0.4) is 0 Å². The van der Waals surface area contributed by atoms with Crippen molar-refractivity contribution in [1.82, 2.24) is 20.0 Å². The fourth-order valence-electron chi connectivity index (χ4n) is 2.95. The number of nitrogens with zero attached hydrogens (tertiary/aromatic N) is 4. The number of halogens is 1. The van der Waals surface area contributed by atoms with Gasteiger partial charge in [0.25, 0.3) is 0 Å². The van der Waals surface area contributed by atoms with E-state index >= 15 is 0 Å². The van der Waals surface area contributed by atoms with Crippen LogP contribution in [-0.4, -0.2) is 51.5 Å². The predicted molar refractivity (Wildman–Crippen MR) is 115 cm³/mol. The molecule has 1 heterocycles. The van der Waals surface area contributed by atoms with E-state index in [-0.39, 0.29) is 24.0 Å². The van der Waals surface area contributed by atoms with Crippen LogP contribution in [0, 0.1) is 0 Å². The zero-order valence-electron chi connectivity index (χ0n) is 15.4. The van der Waals surface area contributed by atoms with Crippen molar-refractivity contribution in [2.45, 2.75) is 38.3 Å². The van der Waals surface area contributed by atoms with E-state index in [2.05, 4.69) is 27.2 Å². The topological polar surface area (TPSA) is 65.7 Å². The second-order valence-corrected chi connectivity index (χ2v) is 6.73. The van der Waals surface area contributed by atoms with Crippen LogP contribution in [0.25, 0.3) is 5.69 Å². The van der Waals surface area contributed by atoms with Crippen molar-refractivity contribution in [2.24, 2.45) is 4.99 Å². The third-order valence-corrected chi connectivity index (χ3v) is 4.58. The lowest BCUT2D eigenvalue weighted by Gasteiger charge is -2.35. The molecule has 142 valence electrons. The van der Waals surface area contributed by atoms with Crippen LogP contribution in [0.5, 0.6) is 0 Å². The van der Waals surface area contributed by atoms with Gasteiger partial charge in [-0.2, -0.15) is 5.10 Å². The average molecular weight is 469 g/mol. The van der Waals surface area contributed by atoms with E-state index in [0.29, 0.717) is 13.1 Å². The maximum Gasteiger partial charge on any atom is 0.194 e. The minimum atomic E-state index is -0.598. The summed E-state index contributed by atoms with van der Waals surface area (Å²) in [7, 11) is 2.01. The van der Waals surface area contributed by atoms with Crippen LogP contribution in [0.2, 0.25) is 0 Å². The Morgan fingerprint density at radius 3 is 2.69 bits per heavy atom. The number of guanidine groups is 1. The van der Waals surface area contributed by atoms with Gasteiger partial charge >= 0.3 is 0 Å². The Hall–Kier alpha value is -1.61. The maximum absolute atomic E-state index is 10.3. The molecule has 0 aliphatic heterocycles. The molecular formula is C19H28IN5O. The number of benzene rings is 1. The van der Waals surface area contributed by atoms with Gasteiger partial charge in [-0.1, -0.05) is 18.2 Å². The van der Waals surface area contributed by atoms with Crippen LogP contribution in [0.1, 0.15) is 31.7 Å². The lowest BCUT2D eigenvalue weighted by atomic mass is 9.80. The smallest absolute Gasteiger partial charge is 0.194 e. The summed E-state index contributed by atoms with van der Waals surface area (Å²) < 4.78 is 1.88. The summed E-state index contributed by atoms with van der Waals surface area (Å²) in [6.45, 7) is 4.01. The number of hydrogen-bond donors (Lipinski definition) is 2. The monoisotopic (exact) mass is 469 g/mol. The highest BCUT2D eigenvalue weighted by Gasteiger charge is 2.34. The van der Waals surface area contributed by atoms with Crippen molar-refractivity contribution < 1.29 is 5.11 Å². The van der Waals surface area contributed by atoms with Crippen molar-refractivity contribution in [2.75, 3.05) is 20.1 Å². The van der Waals surface area contributed by atoms with Crippen molar-refractivity contribution >= 4 is 29.9 Å². The first-order chi connectivity index (χ1) is 12.1. The van der Waals surface area contributed by atoms with E-state index in [9.17, 15) is 5.11 Å². The molecule has 0 atom stereocenters. The van der Waals surface area contributed by atoms with Gasteiger partial charge in [0, 0.05) is 31.9 Å². The van der Waals surface area contributed by atoms with Crippen LogP contribution in [-0.2, 0) is 6.54 Å². The molecule has 1 aromatic carbocycles. The fourth-order valence-corrected chi connectivity index (χ4v) is 2.95. The number of para-hydroxylation sites is 1. The molecule has 0 unspecified atom stereocenters. The van der Waals surface area contributed by atoms with E-state index in [1.165, 1.54) is 0 Å². The number of aliphatic imine (C=N–C) groups is 1. The average Bonchev–Trinajstić information content (AvgIpc) is 3.06. The summed E-state index contributed by atoms with van der Waals surface area (Å²) in [6.07, 6.45) is 6.71. The van der Waals surface area contributed by atoms with E-state index in [0.717, 1.165) is 43.0 Å². The summed E-state index contributed by atoms with van der Waals surface area (Å²) in [5, 5.41) is 18.0. The summed E-state index contributed by atoms with van der Waals surface area (Å²) in [5.74, 6) is 0.815. The predicted octanol–water partition coefficient (Wildman–Crippen LogP) is 2.80. The molecule has 7 heteroatoms. The van der Waals surface area contributed by atoms with E-state index < -0.39 is 5.60 Å². The molecule has 2 aromatic rings. The van der Waals surface area contributed by atoms with E-state index in [1.54, 1.807) is 0 Å². The first-order valence-electron chi connectivity index (χ1n) is 8.90. The lowest BCUT2D eigenvalue weighted by Crippen LogP contribution is -2.43. The molecule has 26 heavy (non-hydrogen) atoms. The normalized spacial score (nSPS) is 15.7. The highest BCUT2D eigenvalue weighted by atomic mass is 127. The number of rotatable bonds is 6. The summed E-state index contributed by atoms with van der Waals surface area (Å²) in [5.41, 5.74) is 1.56. The molecular weight excluding hydrogens is 441 g/mol. The van der Waals surface area contributed by atoms with Gasteiger partial charge in [-0.3, -0.25) is 4.99 Å². The molecule has 3 rings (SSSR count). The SMILES string of the molecule is CCNC(=NCC1(O)CCC1)N(C)Cc1cnn(-c2ccccc2)c1.I. The summed E-state index contributed by atoms with van der Waals surface area (Å²) >= 11 is 0. The molecule has 0 saturated heterocycles. The van der Waals surface area contributed by atoms with Crippen molar-refractivity contribution in [3.8, 4) is 5.69 Å². The van der Waals surface area contributed by atoms with Crippen molar-refractivity contribution in [3.05, 3.63) is 48.3 Å². The van der Waals surface area contributed by atoms with Gasteiger partial charge in [0.1, 0.15) is 0 Å². The zero-order chi connectivity index (χ0) is 17.7. The van der Waals surface area contributed by atoms with Crippen LogP contribution in [0.15, 0.2) is 47.7 Å². The zero-order valence-corrected chi connectivity index (χ0v) is 17.8. The highest BCUT2D eigenvalue weighted by Crippen LogP contribution is 2.31. The standard InChI is InChI=1S/C19H27N5O.HI/c1-3-20-18(21-15-19(25)10-7-11-19)23(2)13-16-12-22-24(14-16)17-8-5-4-6-9-17;/h4-6,8-9,12,14,25H,3,7,10-11,13,15H2,1-2H3,(H,20,21);1H. The largest absolute Gasteiger partial charge is 0.388 e. The molecule has 1 aromatic heterocycles. The maximum atomic E-state index is 10.3. The quantitative estimate of drug-likeness (QED) is 0.388. The Morgan fingerprint density at radius 1 is 1.35 bits per heavy atom. The second kappa shape index (κ2) is 9.36. The second-order valence-electron chi connectivity index (χ2n) is 6.73. The highest BCUT2D eigenvalue weighted by molar-refractivity contribution is 14.0. The molecule has 1 aliphatic rings. The van der Waals surface area contributed by atoms with Crippen molar-refractivity contribution in [1.29, 1.82) is 0 Å². The third kappa shape index (κ3) is 5.20. The van der Waals surface area contributed by atoms with Gasteiger partial charge in [-0.25, -0.2) is 4.68 Å². The Balaban J connectivity index is 0.00000243. The number of aromatic nitrogens is 2. The minimum absolute atomic E-state index is 0. The van der Waals surface area contributed by atoms with E-state index in [1.807, 2.05) is 54.5 Å². The summed E-state index contributed by atoms with van der Waals surface area (Å²) in [4.78, 5) is 6.69.